The molecular weight excluding hydrogens is 318 g/mol. The molecule has 0 saturated heterocycles. The Kier molecular flexibility index (Phi) is 4.90. The van der Waals surface area contributed by atoms with E-state index in [1.807, 2.05) is 6.92 Å². The summed E-state index contributed by atoms with van der Waals surface area (Å²) in [6.45, 7) is 6.92. The van der Waals surface area contributed by atoms with E-state index in [4.69, 9.17) is 4.74 Å². The number of hydrogen-bond donors (Lipinski definition) is 2. The lowest BCUT2D eigenvalue weighted by Gasteiger charge is -2.55. The summed E-state index contributed by atoms with van der Waals surface area (Å²) in [5, 5.41) is 3.48. The van der Waals surface area contributed by atoms with Crippen molar-refractivity contribution in [3.8, 4) is 0 Å². The maximum Gasteiger partial charge on any atom is 0.257 e. The zero-order valence-corrected chi connectivity index (χ0v) is 15.0. The van der Waals surface area contributed by atoms with Gasteiger partial charge in [0.2, 0.25) is 5.43 Å². The highest BCUT2D eigenvalue weighted by Gasteiger charge is 2.53. The number of aromatic nitrogens is 2. The lowest BCUT2D eigenvalue weighted by molar-refractivity contribution is -0.134. The molecule has 6 heteroatoms. The maximum atomic E-state index is 12.7. The van der Waals surface area contributed by atoms with Crippen molar-refractivity contribution in [2.75, 3.05) is 6.61 Å². The van der Waals surface area contributed by atoms with Crippen molar-refractivity contribution in [1.29, 1.82) is 0 Å². The highest BCUT2D eigenvalue weighted by atomic mass is 16.5. The Morgan fingerprint density at radius 2 is 2.16 bits per heavy atom. The molecule has 0 unspecified atom stereocenters. The largest absolute Gasteiger partial charge is 0.378 e. The van der Waals surface area contributed by atoms with E-state index in [1.165, 1.54) is 12.4 Å². The molecule has 2 aromatic rings. The van der Waals surface area contributed by atoms with Crippen LogP contribution in [0.5, 0.6) is 0 Å². The highest BCUT2D eigenvalue weighted by molar-refractivity contribution is 5.97. The predicted octanol–water partition coefficient (Wildman–Crippen LogP) is 2.64. The number of pyridine rings is 2. The van der Waals surface area contributed by atoms with Crippen LogP contribution < -0.4 is 10.7 Å². The van der Waals surface area contributed by atoms with Crippen molar-refractivity contribution >= 4 is 16.8 Å². The first kappa shape index (κ1) is 17.6. The molecule has 1 aliphatic rings. The summed E-state index contributed by atoms with van der Waals surface area (Å²) in [5.74, 6) is -0.335. The molecule has 0 aromatic carbocycles. The van der Waals surface area contributed by atoms with Gasteiger partial charge in [0.25, 0.3) is 5.91 Å². The van der Waals surface area contributed by atoms with E-state index >= 15 is 0 Å². The van der Waals surface area contributed by atoms with E-state index in [-0.39, 0.29) is 34.5 Å². The summed E-state index contributed by atoms with van der Waals surface area (Å²) in [7, 11) is 0. The second-order valence-electron chi connectivity index (χ2n) is 6.60. The van der Waals surface area contributed by atoms with Crippen LogP contribution in [-0.2, 0) is 4.74 Å². The third kappa shape index (κ3) is 2.84. The molecule has 2 heterocycles. The molecule has 1 aliphatic carbocycles. The van der Waals surface area contributed by atoms with Gasteiger partial charge in [0.1, 0.15) is 5.56 Å². The molecular formula is C19H25N3O3. The van der Waals surface area contributed by atoms with E-state index < -0.39 is 0 Å². The minimum atomic E-state index is -0.335. The predicted molar refractivity (Wildman–Crippen MR) is 96.7 cm³/mol. The van der Waals surface area contributed by atoms with Gasteiger partial charge in [-0.25, -0.2) is 0 Å². The van der Waals surface area contributed by atoms with Gasteiger partial charge in [-0.3, -0.25) is 14.6 Å². The molecule has 1 fully saturated rings. The second kappa shape index (κ2) is 6.96. The Hall–Kier alpha value is -2.21. The molecule has 2 N–H and O–H groups in total. The number of carbonyl (C=O) groups excluding carboxylic acids is 1. The lowest BCUT2D eigenvalue weighted by atomic mass is 9.58. The third-order valence-electron chi connectivity index (χ3n) is 5.70. The van der Waals surface area contributed by atoms with Crippen LogP contribution in [0.3, 0.4) is 0 Å². The monoisotopic (exact) mass is 343 g/mol. The molecule has 134 valence electrons. The minimum Gasteiger partial charge on any atom is -0.378 e. The molecule has 6 nitrogen and oxygen atoms in total. The van der Waals surface area contributed by atoms with Crippen LogP contribution in [0.4, 0.5) is 0 Å². The fourth-order valence-corrected chi connectivity index (χ4v) is 4.05. The molecule has 3 rings (SSSR count). The van der Waals surface area contributed by atoms with Gasteiger partial charge < -0.3 is 15.0 Å². The molecule has 0 bridgehead atoms. The van der Waals surface area contributed by atoms with Crippen LogP contribution in [0.2, 0.25) is 0 Å². The van der Waals surface area contributed by atoms with E-state index in [9.17, 15) is 9.59 Å². The average molecular weight is 343 g/mol. The zero-order chi connectivity index (χ0) is 18.0. The van der Waals surface area contributed by atoms with E-state index in [1.54, 1.807) is 12.3 Å². The number of fused-ring (bicyclic) bond motifs is 1. The van der Waals surface area contributed by atoms with Crippen LogP contribution in [-0.4, -0.2) is 34.6 Å². The summed E-state index contributed by atoms with van der Waals surface area (Å²) >= 11 is 0. The van der Waals surface area contributed by atoms with E-state index in [0.717, 1.165) is 19.3 Å². The number of aromatic amines is 1. The smallest absolute Gasteiger partial charge is 0.257 e. The van der Waals surface area contributed by atoms with Crippen molar-refractivity contribution in [2.45, 2.75) is 52.2 Å². The molecule has 2 atom stereocenters. The molecule has 1 saturated carbocycles. The number of amides is 1. The Balaban J connectivity index is 1.83. The number of nitrogens with one attached hydrogen (secondary N) is 2. The fourth-order valence-electron chi connectivity index (χ4n) is 4.05. The van der Waals surface area contributed by atoms with Gasteiger partial charge in [-0.2, -0.15) is 0 Å². The van der Waals surface area contributed by atoms with E-state index in [0.29, 0.717) is 17.5 Å². The van der Waals surface area contributed by atoms with Crippen molar-refractivity contribution in [3.63, 3.8) is 0 Å². The van der Waals surface area contributed by atoms with Crippen molar-refractivity contribution in [1.82, 2.24) is 15.3 Å². The first-order valence-corrected chi connectivity index (χ1v) is 8.95. The van der Waals surface area contributed by atoms with Gasteiger partial charge in [-0.1, -0.05) is 13.8 Å². The molecule has 0 radical (unpaired) electrons. The number of H-pyrrole nitrogens is 1. The Labute approximate surface area is 147 Å². The molecule has 2 aromatic heterocycles. The Bertz CT molecular complexity index is 826. The summed E-state index contributed by atoms with van der Waals surface area (Å²) in [6, 6.07) is 1.74. The number of hydrogen-bond acceptors (Lipinski definition) is 4. The molecule has 1 amide bonds. The zero-order valence-electron chi connectivity index (χ0n) is 15.0. The summed E-state index contributed by atoms with van der Waals surface area (Å²) in [5.41, 5.74) is 0.449. The number of nitrogens with zero attached hydrogens (tertiary/aromatic N) is 1. The van der Waals surface area contributed by atoms with Gasteiger partial charge in [0, 0.05) is 36.7 Å². The highest BCUT2D eigenvalue weighted by Crippen LogP contribution is 2.48. The van der Waals surface area contributed by atoms with Crippen LogP contribution in [0, 0.1) is 5.41 Å². The van der Waals surface area contributed by atoms with Crippen LogP contribution in [0.15, 0.2) is 29.5 Å². The van der Waals surface area contributed by atoms with Crippen molar-refractivity contribution in [2.24, 2.45) is 5.41 Å². The molecule has 0 aliphatic heterocycles. The SMILES string of the molecule is CCO[C@@H]1C[C@@H](NC(=O)c2c[nH]c3ccncc3c2=O)C1(CC)CC. The molecule has 0 spiro atoms. The Morgan fingerprint density at radius 1 is 1.40 bits per heavy atom. The normalized spacial score (nSPS) is 21.7. The van der Waals surface area contributed by atoms with Gasteiger partial charge in [-0.05, 0) is 32.3 Å². The minimum absolute atomic E-state index is 0.0237. The van der Waals surface area contributed by atoms with Crippen molar-refractivity contribution < 1.29 is 9.53 Å². The van der Waals surface area contributed by atoms with Crippen LogP contribution in [0.1, 0.15) is 50.4 Å². The second-order valence-corrected chi connectivity index (χ2v) is 6.60. The number of ether oxygens (including phenoxy) is 1. The number of carbonyl (C=O) groups is 1. The van der Waals surface area contributed by atoms with Gasteiger partial charge in [0.05, 0.1) is 17.0 Å². The topological polar surface area (TPSA) is 84.1 Å². The standard InChI is InChI=1S/C19H25N3O3/c1-4-19(5-2)15(9-16(19)25-6-3)22-18(24)13-11-21-14-7-8-20-10-12(14)17(13)23/h7-8,10-11,15-16H,4-6,9H2,1-3H3,(H,21,23)(H,22,24)/t15-,16-/m1/s1. The average Bonchev–Trinajstić information content (AvgIpc) is 2.62. The number of rotatable bonds is 6. The summed E-state index contributed by atoms with van der Waals surface area (Å²) in [4.78, 5) is 32.3. The lowest BCUT2D eigenvalue weighted by Crippen LogP contribution is -2.64. The quantitative estimate of drug-likeness (QED) is 0.844. The fraction of sp³-hybridized carbons (Fsp3) is 0.526. The van der Waals surface area contributed by atoms with Crippen molar-refractivity contribution in [3.05, 3.63) is 40.4 Å². The summed E-state index contributed by atoms with van der Waals surface area (Å²) < 4.78 is 5.85. The van der Waals surface area contributed by atoms with Gasteiger partial charge in [0.15, 0.2) is 0 Å². The maximum absolute atomic E-state index is 12.7. The first-order valence-electron chi connectivity index (χ1n) is 8.95. The summed E-state index contributed by atoms with van der Waals surface area (Å²) in [6.07, 6.45) is 7.39. The van der Waals surface area contributed by atoms with E-state index in [2.05, 4.69) is 29.1 Å². The third-order valence-corrected chi connectivity index (χ3v) is 5.70. The first-order chi connectivity index (χ1) is 12.1. The Morgan fingerprint density at radius 3 is 2.84 bits per heavy atom. The van der Waals surface area contributed by atoms with Gasteiger partial charge in [-0.15, -0.1) is 0 Å². The van der Waals surface area contributed by atoms with Crippen LogP contribution in [0.25, 0.3) is 10.9 Å². The van der Waals surface area contributed by atoms with Gasteiger partial charge >= 0.3 is 0 Å². The van der Waals surface area contributed by atoms with Crippen LogP contribution >= 0.6 is 0 Å². The molecule has 25 heavy (non-hydrogen) atoms.